The molecule has 1 aromatic carbocycles. The second kappa shape index (κ2) is 7.94. The number of hydrogen-bond acceptors (Lipinski definition) is 5. The van der Waals surface area contributed by atoms with E-state index in [1.54, 1.807) is 4.31 Å². The second-order valence-corrected chi connectivity index (χ2v) is 10.7. The number of nitrogens with zero attached hydrogens (tertiary/aromatic N) is 4. The molecule has 0 saturated carbocycles. The summed E-state index contributed by atoms with van der Waals surface area (Å²) in [5, 5.41) is 0. The number of likely N-dealkylation sites (N-methyl/N-ethyl adjacent to an activating group) is 1. The molecule has 2 bridgehead atoms. The van der Waals surface area contributed by atoms with Gasteiger partial charge in [0.2, 0.25) is 10.0 Å². The zero-order valence-electron chi connectivity index (χ0n) is 17.6. The first kappa shape index (κ1) is 20.0. The smallest absolute Gasteiger partial charge is 0.218 e. The van der Waals surface area contributed by atoms with Crippen molar-refractivity contribution >= 4 is 15.8 Å². The Hall–Kier alpha value is -1.96. The Morgan fingerprint density at radius 2 is 1.77 bits per heavy atom. The number of hydrogen-bond donors (Lipinski definition) is 0. The molecule has 0 spiro atoms. The molecule has 4 heterocycles. The average molecular weight is 427 g/mol. The Balaban J connectivity index is 1.32. The molecule has 160 valence electrons. The lowest BCUT2D eigenvalue weighted by Crippen LogP contribution is -2.54. The van der Waals surface area contributed by atoms with Crippen LogP contribution in [0.2, 0.25) is 0 Å². The Morgan fingerprint density at radius 3 is 2.47 bits per heavy atom. The Morgan fingerprint density at radius 1 is 1.03 bits per heavy atom. The van der Waals surface area contributed by atoms with E-state index >= 15 is 0 Å². The summed E-state index contributed by atoms with van der Waals surface area (Å²) in [6.45, 7) is 6.54. The lowest BCUT2D eigenvalue weighted by Gasteiger charge is -2.42. The molecule has 7 heteroatoms. The van der Waals surface area contributed by atoms with Gasteiger partial charge in [0.05, 0.1) is 5.75 Å². The highest BCUT2D eigenvalue weighted by Gasteiger charge is 2.40. The van der Waals surface area contributed by atoms with E-state index in [1.807, 2.05) is 30.3 Å². The number of anilines is 1. The molecule has 3 aliphatic rings. The molecule has 0 N–H and O–H groups in total. The number of piperazine rings is 1. The lowest BCUT2D eigenvalue weighted by atomic mass is 10.1. The summed E-state index contributed by atoms with van der Waals surface area (Å²) in [5.74, 6) is 1.14. The van der Waals surface area contributed by atoms with Crippen LogP contribution in [-0.2, 0) is 28.7 Å². The van der Waals surface area contributed by atoms with E-state index in [0.717, 1.165) is 42.3 Å². The van der Waals surface area contributed by atoms with Crippen molar-refractivity contribution in [2.45, 2.75) is 50.6 Å². The predicted octanol–water partition coefficient (Wildman–Crippen LogP) is 2.64. The highest BCUT2D eigenvalue weighted by molar-refractivity contribution is 7.88. The molecule has 5 rings (SSSR count). The van der Waals surface area contributed by atoms with Gasteiger partial charge in [0, 0.05) is 50.4 Å². The van der Waals surface area contributed by atoms with Crippen molar-refractivity contribution in [2.24, 2.45) is 0 Å². The van der Waals surface area contributed by atoms with Crippen LogP contribution in [-0.4, -0.2) is 60.9 Å². The third-order valence-corrected chi connectivity index (χ3v) is 8.65. The Kier molecular flexibility index (Phi) is 5.29. The van der Waals surface area contributed by atoms with Crippen LogP contribution in [0.4, 0.5) is 5.82 Å². The van der Waals surface area contributed by atoms with Gasteiger partial charge in [-0.2, -0.15) is 4.31 Å². The normalized spacial score (nSPS) is 24.8. The number of fused-ring (bicyclic) bond motifs is 3. The van der Waals surface area contributed by atoms with Gasteiger partial charge in [0.25, 0.3) is 0 Å². The first-order valence-electron chi connectivity index (χ1n) is 11.0. The van der Waals surface area contributed by atoms with Crippen LogP contribution >= 0.6 is 0 Å². The molecule has 2 saturated heterocycles. The first-order valence-corrected chi connectivity index (χ1v) is 12.7. The predicted molar refractivity (Wildman–Crippen MR) is 119 cm³/mol. The molecular weight excluding hydrogens is 396 g/mol. The molecule has 0 aliphatic carbocycles. The minimum atomic E-state index is -3.34. The van der Waals surface area contributed by atoms with Crippen molar-refractivity contribution in [3.05, 3.63) is 59.3 Å². The van der Waals surface area contributed by atoms with Gasteiger partial charge in [-0.3, -0.25) is 4.90 Å². The van der Waals surface area contributed by atoms with Gasteiger partial charge in [-0.15, -0.1) is 0 Å². The maximum Gasteiger partial charge on any atom is 0.218 e. The van der Waals surface area contributed by atoms with E-state index in [2.05, 4.69) is 28.9 Å². The van der Waals surface area contributed by atoms with Crippen molar-refractivity contribution in [3.63, 3.8) is 0 Å². The summed E-state index contributed by atoms with van der Waals surface area (Å²) in [6, 6.07) is 14.7. The van der Waals surface area contributed by atoms with E-state index in [4.69, 9.17) is 4.98 Å². The number of rotatable bonds is 5. The van der Waals surface area contributed by atoms with Crippen LogP contribution in [0, 0.1) is 0 Å². The minimum absolute atomic E-state index is 0.0553. The molecule has 2 aromatic rings. The Labute approximate surface area is 179 Å². The van der Waals surface area contributed by atoms with Crippen LogP contribution in [0.3, 0.4) is 0 Å². The molecule has 0 amide bonds. The summed E-state index contributed by atoms with van der Waals surface area (Å²) in [4.78, 5) is 10.1. The van der Waals surface area contributed by atoms with Gasteiger partial charge < -0.3 is 4.90 Å². The van der Waals surface area contributed by atoms with Crippen molar-refractivity contribution in [2.75, 3.05) is 31.1 Å². The zero-order valence-corrected chi connectivity index (χ0v) is 18.4. The fourth-order valence-corrected chi connectivity index (χ4v) is 6.76. The van der Waals surface area contributed by atoms with Gasteiger partial charge >= 0.3 is 0 Å². The highest BCUT2D eigenvalue weighted by atomic mass is 32.2. The molecular formula is C23H30N4O2S. The van der Waals surface area contributed by atoms with Gasteiger partial charge in [-0.05, 0) is 36.6 Å². The quantitative estimate of drug-likeness (QED) is 0.736. The lowest BCUT2D eigenvalue weighted by molar-refractivity contribution is 0.229. The molecule has 1 aromatic heterocycles. The molecule has 30 heavy (non-hydrogen) atoms. The van der Waals surface area contributed by atoms with Gasteiger partial charge in [-0.25, -0.2) is 13.4 Å². The maximum atomic E-state index is 12.9. The highest BCUT2D eigenvalue weighted by Crippen LogP contribution is 2.35. The van der Waals surface area contributed by atoms with E-state index in [-0.39, 0.29) is 5.75 Å². The van der Waals surface area contributed by atoms with Gasteiger partial charge in [0.15, 0.2) is 0 Å². The maximum absolute atomic E-state index is 12.9. The summed E-state index contributed by atoms with van der Waals surface area (Å²) in [7, 11) is -3.34. The first-order chi connectivity index (χ1) is 14.5. The van der Waals surface area contributed by atoms with E-state index in [0.29, 0.717) is 31.6 Å². The topological polar surface area (TPSA) is 56.8 Å². The monoisotopic (exact) mass is 426 g/mol. The Bertz CT molecular complexity index is 997. The standard InChI is InChI=1S/C23H30N4O2S/c1-2-25-15-20-9-10-21(16-25)27(20)23-11-8-19-14-26(13-12-22(19)24-23)30(28,29)17-18-6-4-3-5-7-18/h3-8,11,20-21H,2,9-10,12-17H2,1H3. The van der Waals surface area contributed by atoms with E-state index in [1.165, 1.54) is 12.8 Å². The van der Waals surface area contributed by atoms with Crippen molar-refractivity contribution in [1.82, 2.24) is 14.2 Å². The third kappa shape index (κ3) is 3.74. The third-order valence-electron chi connectivity index (χ3n) is 6.85. The number of likely N-dealkylation sites (tertiary alicyclic amines) is 1. The number of benzene rings is 1. The largest absolute Gasteiger partial charge is 0.348 e. The van der Waals surface area contributed by atoms with Crippen molar-refractivity contribution in [1.29, 1.82) is 0 Å². The van der Waals surface area contributed by atoms with Crippen LogP contribution in [0.15, 0.2) is 42.5 Å². The second-order valence-electron chi connectivity index (χ2n) is 8.75. The minimum Gasteiger partial charge on any atom is -0.348 e. The molecule has 2 fully saturated rings. The SMILES string of the molecule is CCN1CC2CCC(C1)N2c1ccc2c(n1)CCN(S(=O)(=O)Cc1ccccc1)C2. The number of pyridine rings is 1. The fourth-order valence-electron chi connectivity index (χ4n) is 5.26. The van der Waals surface area contributed by atoms with Gasteiger partial charge in [-0.1, -0.05) is 43.3 Å². The van der Waals surface area contributed by atoms with Crippen LogP contribution in [0.1, 0.15) is 36.6 Å². The summed E-state index contributed by atoms with van der Waals surface area (Å²) in [6.07, 6.45) is 3.17. The van der Waals surface area contributed by atoms with E-state index < -0.39 is 10.0 Å². The number of sulfonamides is 1. The summed E-state index contributed by atoms with van der Waals surface area (Å²) < 4.78 is 27.5. The molecule has 6 nitrogen and oxygen atoms in total. The van der Waals surface area contributed by atoms with Crippen LogP contribution in [0.5, 0.6) is 0 Å². The van der Waals surface area contributed by atoms with Crippen LogP contribution < -0.4 is 4.90 Å². The van der Waals surface area contributed by atoms with Crippen molar-refractivity contribution < 1.29 is 8.42 Å². The number of aromatic nitrogens is 1. The van der Waals surface area contributed by atoms with Gasteiger partial charge in [0.1, 0.15) is 5.82 Å². The zero-order chi connectivity index (χ0) is 20.7. The summed E-state index contributed by atoms with van der Waals surface area (Å²) >= 11 is 0. The summed E-state index contributed by atoms with van der Waals surface area (Å²) in [5.41, 5.74) is 2.94. The molecule has 2 atom stereocenters. The average Bonchev–Trinajstić information content (AvgIpc) is 3.02. The molecule has 2 unspecified atom stereocenters. The van der Waals surface area contributed by atoms with Crippen molar-refractivity contribution in [3.8, 4) is 0 Å². The van der Waals surface area contributed by atoms with Crippen LogP contribution in [0.25, 0.3) is 0 Å². The fraction of sp³-hybridized carbons (Fsp3) is 0.522. The molecule has 3 aliphatic heterocycles. The van der Waals surface area contributed by atoms with E-state index in [9.17, 15) is 8.42 Å². The molecule has 0 radical (unpaired) electrons.